The molecule has 27 heavy (non-hydrogen) atoms. The Morgan fingerprint density at radius 1 is 1.07 bits per heavy atom. The number of hydrogen-bond donors (Lipinski definition) is 1. The zero-order valence-electron chi connectivity index (χ0n) is 14.2. The molecule has 3 aromatic rings. The first kappa shape index (κ1) is 17.5. The highest BCUT2D eigenvalue weighted by Crippen LogP contribution is 2.27. The van der Waals surface area contributed by atoms with Crippen LogP contribution in [-0.2, 0) is 16.1 Å². The van der Waals surface area contributed by atoms with Gasteiger partial charge in [-0.1, -0.05) is 24.3 Å². The third-order valence-electron chi connectivity index (χ3n) is 4.43. The van der Waals surface area contributed by atoms with E-state index in [9.17, 15) is 14.4 Å². The maximum Gasteiger partial charge on any atom is 0.291 e. The van der Waals surface area contributed by atoms with Crippen LogP contribution in [0.4, 0.5) is 5.69 Å². The van der Waals surface area contributed by atoms with Crippen molar-refractivity contribution in [2.24, 2.45) is 0 Å². The number of nitrogens with zero attached hydrogens (tertiary/aromatic N) is 1. The van der Waals surface area contributed by atoms with Crippen LogP contribution < -0.4 is 5.32 Å². The average molecular weight is 427 g/mol. The van der Waals surface area contributed by atoms with Crippen LogP contribution in [0, 0.1) is 0 Å². The van der Waals surface area contributed by atoms with Crippen molar-refractivity contribution in [3.05, 3.63) is 64.3 Å². The van der Waals surface area contributed by atoms with Crippen LogP contribution in [0.25, 0.3) is 11.0 Å². The lowest BCUT2D eigenvalue weighted by atomic mass is 10.2. The van der Waals surface area contributed by atoms with E-state index >= 15 is 0 Å². The van der Waals surface area contributed by atoms with Crippen LogP contribution in [0.5, 0.6) is 0 Å². The Bertz CT molecular complexity index is 1040. The highest BCUT2D eigenvalue weighted by atomic mass is 79.9. The number of carbonyl (C=O) groups is 3. The summed E-state index contributed by atoms with van der Waals surface area (Å²) in [6, 6.07) is 14.3. The molecular weight excluding hydrogens is 412 g/mol. The lowest BCUT2D eigenvalue weighted by molar-refractivity contribution is -0.139. The lowest BCUT2D eigenvalue weighted by Crippen LogP contribution is -2.28. The Kier molecular flexibility index (Phi) is 4.53. The van der Waals surface area contributed by atoms with E-state index in [0.717, 1.165) is 15.4 Å². The number of anilines is 1. The van der Waals surface area contributed by atoms with Gasteiger partial charge in [-0.3, -0.25) is 19.3 Å². The van der Waals surface area contributed by atoms with E-state index in [0.29, 0.717) is 11.3 Å². The van der Waals surface area contributed by atoms with Crippen LogP contribution in [0.3, 0.4) is 0 Å². The second-order valence-corrected chi connectivity index (χ2v) is 7.15. The van der Waals surface area contributed by atoms with Gasteiger partial charge in [-0.05, 0) is 45.8 Å². The first-order chi connectivity index (χ1) is 13.0. The number of furan rings is 1. The molecule has 3 amide bonds. The minimum Gasteiger partial charge on any atom is -0.450 e. The summed E-state index contributed by atoms with van der Waals surface area (Å²) in [5.74, 6) is -0.424. The van der Waals surface area contributed by atoms with Crippen LogP contribution in [0.2, 0.25) is 0 Å². The highest BCUT2D eigenvalue weighted by Gasteiger charge is 2.28. The topological polar surface area (TPSA) is 79.6 Å². The average Bonchev–Trinajstić information content (AvgIpc) is 3.23. The van der Waals surface area contributed by atoms with Crippen molar-refractivity contribution in [1.82, 2.24) is 4.90 Å². The number of benzene rings is 2. The summed E-state index contributed by atoms with van der Waals surface area (Å²) in [5.41, 5.74) is 2.05. The van der Waals surface area contributed by atoms with Crippen molar-refractivity contribution >= 4 is 50.3 Å². The fourth-order valence-electron chi connectivity index (χ4n) is 3.01. The number of halogens is 1. The summed E-state index contributed by atoms with van der Waals surface area (Å²) >= 11 is 3.40. The number of amides is 3. The van der Waals surface area contributed by atoms with E-state index in [1.54, 1.807) is 30.3 Å². The second kappa shape index (κ2) is 7.00. The van der Waals surface area contributed by atoms with Gasteiger partial charge in [0.2, 0.25) is 11.8 Å². The largest absolute Gasteiger partial charge is 0.450 e. The molecule has 136 valence electrons. The molecule has 4 rings (SSSR count). The number of hydrogen-bond acceptors (Lipinski definition) is 4. The molecule has 2 aromatic carbocycles. The molecule has 2 heterocycles. The van der Waals surface area contributed by atoms with Crippen molar-refractivity contribution in [2.75, 3.05) is 5.32 Å². The minimum absolute atomic E-state index is 0.145. The van der Waals surface area contributed by atoms with Crippen molar-refractivity contribution in [1.29, 1.82) is 0 Å². The zero-order valence-corrected chi connectivity index (χ0v) is 15.8. The number of imide groups is 1. The van der Waals surface area contributed by atoms with E-state index in [1.165, 1.54) is 4.90 Å². The Hall–Kier alpha value is -2.93. The molecule has 0 aliphatic carbocycles. The Morgan fingerprint density at radius 3 is 2.44 bits per heavy atom. The SMILES string of the molecule is O=C(Nc1ccc(CN2C(=O)CCC2=O)cc1)c1cc2cccc(Br)c2o1. The molecule has 6 nitrogen and oxygen atoms in total. The number of para-hydroxylation sites is 1. The molecular formula is C20H15BrN2O4. The fourth-order valence-corrected chi connectivity index (χ4v) is 3.47. The standard InChI is InChI=1S/C20H15BrN2O4/c21-15-3-1-2-13-10-16(27-19(13)15)20(26)22-14-6-4-12(5-7-14)11-23-17(24)8-9-18(23)25/h1-7,10H,8-9,11H2,(H,22,26). The van der Waals surface area contributed by atoms with Gasteiger partial charge in [-0.25, -0.2) is 0 Å². The molecule has 1 fully saturated rings. The molecule has 0 radical (unpaired) electrons. The third-order valence-corrected chi connectivity index (χ3v) is 5.05. The van der Waals surface area contributed by atoms with Crippen molar-refractivity contribution in [3.8, 4) is 0 Å². The summed E-state index contributed by atoms with van der Waals surface area (Å²) < 4.78 is 6.41. The Morgan fingerprint density at radius 2 is 1.78 bits per heavy atom. The van der Waals surface area contributed by atoms with Crippen LogP contribution in [0.15, 0.2) is 57.4 Å². The fraction of sp³-hybridized carbons (Fsp3) is 0.150. The minimum atomic E-state index is -0.351. The number of nitrogens with one attached hydrogen (secondary N) is 1. The normalized spacial score (nSPS) is 14.2. The summed E-state index contributed by atoms with van der Waals surface area (Å²) in [7, 11) is 0. The zero-order chi connectivity index (χ0) is 19.0. The van der Waals surface area contributed by atoms with Crippen LogP contribution in [0.1, 0.15) is 29.0 Å². The summed E-state index contributed by atoms with van der Waals surface area (Å²) in [5, 5.41) is 3.62. The number of fused-ring (bicyclic) bond motifs is 1. The summed E-state index contributed by atoms with van der Waals surface area (Å²) in [4.78, 5) is 37.1. The van der Waals surface area contributed by atoms with E-state index in [1.807, 2.05) is 18.2 Å². The second-order valence-electron chi connectivity index (χ2n) is 6.29. The van der Waals surface area contributed by atoms with Crippen molar-refractivity contribution < 1.29 is 18.8 Å². The van der Waals surface area contributed by atoms with Gasteiger partial charge in [0, 0.05) is 23.9 Å². The predicted molar refractivity (Wildman–Crippen MR) is 103 cm³/mol. The smallest absolute Gasteiger partial charge is 0.291 e. The van der Waals surface area contributed by atoms with Gasteiger partial charge in [0.25, 0.3) is 5.91 Å². The van der Waals surface area contributed by atoms with E-state index in [2.05, 4.69) is 21.2 Å². The number of rotatable bonds is 4. The first-order valence-corrected chi connectivity index (χ1v) is 9.22. The molecule has 1 N–H and O–H groups in total. The highest BCUT2D eigenvalue weighted by molar-refractivity contribution is 9.10. The van der Waals surface area contributed by atoms with Gasteiger partial charge >= 0.3 is 0 Å². The molecule has 0 spiro atoms. The van der Waals surface area contributed by atoms with E-state index < -0.39 is 0 Å². The maximum absolute atomic E-state index is 12.4. The lowest BCUT2D eigenvalue weighted by Gasteiger charge is -2.14. The molecule has 1 aliphatic heterocycles. The molecule has 1 aromatic heterocycles. The van der Waals surface area contributed by atoms with E-state index in [-0.39, 0.29) is 42.9 Å². The Labute approximate surface area is 163 Å². The quantitative estimate of drug-likeness (QED) is 0.636. The van der Waals surface area contributed by atoms with Gasteiger partial charge in [-0.2, -0.15) is 0 Å². The number of likely N-dealkylation sites (tertiary alicyclic amines) is 1. The Balaban J connectivity index is 1.46. The van der Waals surface area contributed by atoms with Gasteiger partial charge < -0.3 is 9.73 Å². The van der Waals surface area contributed by atoms with Crippen molar-refractivity contribution in [2.45, 2.75) is 19.4 Å². The maximum atomic E-state index is 12.4. The van der Waals surface area contributed by atoms with Crippen LogP contribution in [-0.4, -0.2) is 22.6 Å². The number of carbonyl (C=O) groups excluding carboxylic acids is 3. The van der Waals surface area contributed by atoms with Crippen LogP contribution >= 0.6 is 15.9 Å². The van der Waals surface area contributed by atoms with Gasteiger partial charge in [0.15, 0.2) is 5.76 Å². The summed E-state index contributed by atoms with van der Waals surface area (Å²) in [6.45, 7) is 0.253. The first-order valence-electron chi connectivity index (χ1n) is 8.43. The summed E-state index contributed by atoms with van der Waals surface area (Å²) in [6.07, 6.45) is 0.557. The third kappa shape index (κ3) is 3.50. The molecule has 1 aliphatic rings. The molecule has 0 unspecified atom stereocenters. The van der Waals surface area contributed by atoms with Gasteiger partial charge in [-0.15, -0.1) is 0 Å². The van der Waals surface area contributed by atoms with Gasteiger partial charge in [0.05, 0.1) is 11.0 Å². The molecule has 0 bridgehead atoms. The molecule has 0 atom stereocenters. The monoisotopic (exact) mass is 426 g/mol. The van der Waals surface area contributed by atoms with Gasteiger partial charge in [0.1, 0.15) is 5.58 Å². The molecule has 7 heteroatoms. The van der Waals surface area contributed by atoms with E-state index in [4.69, 9.17) is 4.42 Å². The predicted octanol–water partition coefficient (Wildman–Crippen LogP) is 4.10. The van der Waals surface area contributed by atoms with Crippen molar-refractivity contribution in [3.63, 3.8) is 0 Å². The molecule has 1 saturated heterocycles. The molecule has 0 saturated carbocycles.